The molecule has 1 atom stereocenters. The lowest BCUT2D eigenvalue weighted by atomic mass is 9.93. The molecule has 0 bridgehead atoms. The van der Waals surface area contributed by atoms with E-state index in [1.54, 1.807) is 0 Å². The number of carbonyl (C=O) groups is 1. The number of aryl methyl sites for hydroxylation is 1. The summed E-state index contributed by atoms with van der Waals surface area (Å²) in [6, 6.07) is 18.7. The second kappa shape index (κ2) is 8.38. The maximum Gasteiger partial charge on any atom is 0.220 e. The summed E-state index contributed by atoms with van der Waals surface area (Å²) < 4.78 is 0. The van der Waals surface area contributed by atoms with Crippen LogP contribution in [0.4, 0.5) is 0 Å². The molecule has 0 aliphatic rings. The van der Waals surface area contributed by atoms with Gasteiger partial charge in [0.05, 0.1) is 0 Å². The van der Waals surface area contributed by atoms with E-state index in [1.807, 2.05) is 18.2 Å². The zero-order valence-corrected chi connectivity index (χ0v) is 13.5. The highest BCUT2D eigenvalue weighted by Crippen LogP contribution is 2.22. The summed E-state index contributed by atoms with van der Waals surface area (Å²) in [6.07, 6.45) is 2.43. The van der Waals surface area contributed by atoms with Crippen molar-refractivity contribution >= 4 is 5.91 Å². The summed E-state index contributed by atoms with van der Waals surface area (Å²) >= 11 is 0. The molecule has 0 spiro atoms. The van der Waals surface area contributed by atoms with Crippen LogP contribution in [0.5, 0.6) is 0 Å². The summed E-state index contributed by atoms with van der Waals surface area (Å²) in [5.41, 5.74) is 3.79. The lowest BCUT2D eigenvalue weighted by Crippen LogP contribution is -2.27. The fraction of sp³-hybridized carbons (Fsp3) is 0.350. The molecule has 0 aromatic heterocycles. The number of hydrogen-bond donors (Lipinski definition) is 1. The maximum atomic E-state index is 12.1. The molecule has 116 valence electrons. The van der Waals surface area contributed by atoms with Crippen molar-refractivity contribution < 1.29 is 4.79 Å². The fourth-order valence-corrected chi connectivity index (χ4v) is 2.73. The number of amides is 1. The summed E-state index contributed by atoms with van der Waals surface area (Å²) in [5, 5.41) is 3.05. The van der Waals surface area contributed by atoms with Gasteiger partial charge in [-0.25, -0.2) is 0 Å². The van der Waals surface area contributed by atoms with E-state index in [4.69, 9.17) is 0 Å². The van der Waals surface area contributed by atoms with Gasteiger partial charge in [0.15, 0.2) is 0 Å². The Hall–Kier alpha value is -2.09. The smallest absolute Gasteiger partial charge is 0.220 e. The highest BCUT2D eigenvalue weighted by molar-refractivity contribution is 5.76. The summed E-state index contributed by atoms with van der Waals surface area (Å²) in [7, 11) is 0. The fourth-order valence-electron chi connectivity index (χ4n) is 2.73. The third kappa shape index (κ3) is 5.03. The number of hydrogen-bond acceptors (Lipinski definition) is 1. The van der Waals surface area contributed by atoms with Crippen molar-refractivity contribution in [3.63, 3.8) is 0 Å². The predicted molar refractivity (Wildman–Crippen MR) is 92.0 cm³/mol. The van der Waals surface area contributed by atoms with E-state index in [9.17, 15) is 4.79 Å². The largest absolute Gasteiger partial charge is 0.356 e. The molecule has 2 aromatic rings. The minimum Gasteiger partial charge on any atom is -0.356 e. The van der Waals surface area contributed by atoms with Gasteiger partial charge in [-0.2, -0.15) is 0 Å². The highest BCUT2D eigenvalue weighted by Gasteiger charge is 2.13. The molecule has 0 saturated heterocycles. The molecular formula is C20H25NO. The first kappa shape index (κ1) is 16.3. The Kier molecular flexibility index (Phi) is 6.20. The second-order valence-corrected chi connectivity index (χ2v) is 5.81. The van der Waals surface area contributed by atoms with Gasteiger partial charge in [0.1, 0.15) is 0 Å². The third-order valence-electron chi connectivity index (χ3n) is 4.01. The first-order chi connectivity index (χ1) is 10.7. The molecule has 1 unspecified atom stereocenters. The predicted octanol–water partition coefficient (Wildman–Crippen LogP) is 4.24. The minimum absolute atomic E-state index is 0.142. The Bertz CT molecular complexity index is 592. The summed E-state index contributed by atoms with van der Waals surface area (Å²) in [6.45, 7) is 4.93. The van der Waals surface area contributed by atoms with Crippen LogP contribution in [0, 0.1) is 6.92 Å². The van der Waals surface area contributed by atoms with E-state index in [-0.39, 0.29) is 5.91 Å². The lowest BCUT2D eigenvalue weighted by molar-refractivity contribution is -0.121. The van der Waals surface area contributed by atoms with Crippen LogP contribution in [0.15, 0.2) is 54.6 Å². The first-order valence-corrected chi connectivity index (χ1v) is 8.06. The van der Waals surface area contributed by atoms with Crippen molar-refractivity contribution in [2.45, 2.75) is 39.0 Å². The van der Waals surface area contributed by atoms with Crippen LogP contribution in [0.3, 0.4) is 0 Å². The number of rotatable bonds is 7. The monoisotopic (exact) mass is 295 g/mol. The molecule has 1 N–H and O–H groups in total. The van der Waals surface area contributed by atoms with Crippen molar-refractivity contribution in [3.8, 4) is 0 Å². The molecule has 2 rings (SSSR count). The lowest BCUT2D eigenvalue weighted by Gasteiger charge is -2.15. The van der Waals surface area contributed by atoms with E-state index >= 15 is 0 Å². The van der Waals surface area contributed by atoms with Gasteiger partial charge in [-0.05, 0) is 36.8 Å². The first-order valence-electron chi connectivity index (χ1n) is 8.06. The molecule has 2 heteroatoms. The SMILES string of the molecule is CCC(CC(=O)NCCc1cccc(C)c1)c1ccccc1. The van der Waals surface area contributed by atoms with Gasteiger partial charge in [-0.1, -0.05) is 67.1 Å². The molecule has 0 aliphatic carbocycles. The highest BCUT2D eigenvalue weighted by atomic mass is 16.1. The molecule has 22 heavy (non-hydrogen) atoms. The quantitative estimate of drug-likeness (QED) is 0.813. The van der Waals surface area contributed by atoms with E-state index in [2.05, 4.69) is 55.6 Å². The second-order valence-electron chi connectivity index (χ2n) is 5.81. The normalized spacial score (nSPS) is 11.9. The molecule has 2 aromatic carbocycles. The van der Waals surface area contributed by atoms with Crippen LogP contribution in [0.25, 0.3) is 0 Å². The topological polar surface area (TPSA) is 29.1 Å². The Labute approximate surface area is 133 Å². The molecule has 0 fully saturated rings. The number of benzene rings is 2. The van der Waals surface area contributed by atoms with E-state index in [0.29, 0.717) is 18.9 Å². The average Bonchev–Trinajstić information content (AvgIpc) is 2.53. The van der Waals surface area contributed by atoms with Crippen molar-refractivity contribution in [2.24, 2.45) is 0 Å². The summed E-state index contributed by atoms with van der Waals surface area (Å²) in [4.78, 5) is 12.1. The van der Waals surface area contributed by atoms with Crippen LogP contribution >= 0.6 is 0 Å². The average molecular weight is 295 g/mol. The Morgan fingerprint density at radius 3 is 2.55 bits per heavy atom. The molecule has 2 nitrogen and oxygen atoms in total. The van der Waals surface area contributed by atoms with E-state index in [0.717, 1.165) is 12.8 Å². The van der Waals surface area contributed by atoms with Crippen molar-refractivity contribution in [3.05, 3.63) is 71.3 Å². The standard InChI is InChI=1S/C20H25NO/c1-3-18(19-10-5-4-6-11-19)15-20(22)21-13-12-17-9-7-8-16(2)14-17/h4-11,14,18H,3,12-13,15H2,1-2H3,(H,21,22). The third-order valence-corrected chi connectivity index (χ3v) is 4.01. The Balaban J connectivity index is 1.80. The van der Waals surface area contributed by atoms with E-state index < -0.39 is 0 Å². The molecule has 0 radical (unpaired) electrons. The van der Waals surface area contributed by atoms with Gasteiger partial charge in [0.25, 0.3) is 0 Å². The zero-order valence-electron chi connectivity index (χ0n) is 13.5. The number of carbonyl (C=O) groups excluding carboxylic acids is 1. The number of nitrogens with one attached hydrogen (secondary N) is 1. The van der Waals surface area contributed by atoms with Gasteiger partial charge in [-0.3, -0.25) is 4.79 Å². The van der Waals surface area contributed by atoms with Crippen molar-refractivity contribution in [2.75, 3.05) is 6.54 Å². The Morgan fingerprint density at radius 1 is 1.09 bits per heavy atom. The molecule has 0 heterocycles. The summed E-state index contributed by atoms with van der Waals surface area (Å²) in [5.74, 6) is 0.448. The molecule has 0 aliphatic heterocycles. The Morgan fingerprint density at radius 2 is 1.86 bits per heavy atom. The molecular weight excluding hydrogens is 270 g/mol. The van der Waals surface area contributed by atoms with Crippen molar-refractivity contribution in [1.82, 2.24) is 5.32 Å². The van der Waals surface area contributed by atoms with Gasteiger partial charge in [0, 0.05) is 13.0 Å². The molecule has 1 amide bonds. The van der Waals surface area contributed by atoms with Gasteiger partial charge >= 0.3 is 0 Å². The van der Waals surface area contributed by atoms with Crippen molar-refractivity contribution in [1.29, 1.82) is 0 Å². The van der Waals surface area contributed by atoms with Crippen LogP contribution < -0.4 is 5.32 Å². The molecule has 0 saturated carbocycles. The van der Waals surface area contributed by atoms with E-state index in [1.165, 1.54) is 16.7 Å². The van der Waals surface area contributed by atoms with Crippen LogP contribution in [-0.2, 0) is 11.2 Å². The minimum atomic E-state index is 0.142. The van der Waals surface area contributed by atoms with Gasteiger partial charge < -0.3 is 5.32 Å². The zero-order chi connectivity index (χ0) is 15.8. The van der Waals surface area contributed by atoms with Crippen LogP contribution in [0.2, 0.25) is 0 Å². The maximum absolute atomic E-state index is 12.1. The van der Waals surface area contributed by atoms with Crippen LogP contribution in [-0.4, -0.2) is 12.5 Å². The van der Waals surface area contributed by atoms with Gasteiger partial charge in [-0.15, -0.1) is 0 Å². The van der Waals surface area contributed by atoms with Crippen LogP contribution in [0.1, 0.15) is 42.4 Å². The van der Waals surface area contributed by atoms with Gasteiger partial charge in [0.2, 0.25) is 5.91 Å².